The minimum atomic E-state index is 0.0636. The normalized spacial score (nSPS) is 12.8. The highest BCUT2D eigenvalue weighted by Gasteiger charge is 2.43. The Labute approximate surface area is 336 Å². The molecule has 0 bridgehead atoms. The van der Waals surface area contributed by atoms with Crippen molar-refractivity contribution in [3.05, 3.63) is 206 Å². The van der Waals surface area contributed by atoms with E-state index in [0.717, 1.165) is 5.69 Å². The highest BCUT2D eigenvalue weighted by atomic mass is 15.2. The Balaban J connectivity index is 1.30. The van der Waals surface area contributed by atoms with Crippen LogP contribution in [0.3, 0.4) is 0 Å². The summed E-state index contributed by atoms with van der Waals surface area (Å²) < 4.78 is 5.20. The van der Waals surface area contributed by atoms with Gasteiger partial charge in [-0.25, -0.2) is 0 Å². The van der Waals surface area contributed by atoms with Crippen molar-refractivity contribution < 1.29 is 0 Å². The predicted molar refractivity (Wildman–Crippen MR) is 245 cm³/mol. The van der Waals surface area contributed by atoms with Gasteiger partial charge in [-0.05, 0) is 63.9 Å². The van der Waals surface area contributed by atoms with Crippen LogP contribution in [0.2, 0.25) is 0 Å². The molecule has 2 aliphatic heterocycles. The van der Waals surface area contributed by atoms with E-state index >= 15 is 0 Å². The average Bonchev–Trinajstić information content (AvgIpc) is 3.83. The van der Waals surface area contributed by atoms with Crippen LogP contribution in [-0.2, 0) is 0 Å². The number of nitrogens with zero attached hydrogens (tertiary/aromatic N) is 3. The number of benzene rings is 9. The van der Waals surface area contributed by atoms with Gasteiger partial charge in [0.25, 0.3) is 6.71 Å². The molecule has 0 saturated carbocycles. The van der Waals surface area contributed by atoms with Crippen molar-refractivity contribution in [1.82, 2.24) is 9.13 Å². The van der Waals surface area contributed by atoms with E-state index in [2.05, 4.69) is 220 Å². The second-order valence-corrected chi connectivity index (χ2v) is 15.6. The second kappa shape index (κ2) is 12.0. The lowest BCUT2D eigenvalue weighted by Crippen LogP contribution is -2.60. The van der Waals surface area contributed by atoms with E-state index in [1.54, 1.807) is 0 Å². The number of hydrogen-bond acceptors (Lipinski definition) is 1. The Morgan fingerprint density at radius 1 is 0.345 bits per heavy atom. The van der Waals surface area contributed by atoms with Crippen LogP contribution in [0.1, 0.15) is 0 Å². The molecule has 0 radical (unpaired) electrons. The van der Waals surface area contributed by atoms with Crippen molar-refractivity contribution >= 4 is 83.8 Å². The van der Waals surface area contributed by atoms with Gasteiger partial charge in [0.15, 0.2) is 0 Å². The fourth-order valence-corrected chi connectivity index (χ4v) is 10.4. The van der Waals surface area contributed by atoms with E-state index in [9.17, 15) is 0 Å². The van der Waals surface area contributed by atoms with Gasteiger partial charge < -0.3 is 14.0 Å². The van der Waals surface area contributed by atoms with Gasteiger partial charge in [0, 0.05) is 55.4 Å². The molecule has 4 heteroatoms. The minimum Gasteiger partial charge on any atom is -0.311 e. The van der Waals surface area contributed by atoms with Crippen molar-refractivity contribution in [3.8, 4) is 33.6 Å². The first-order valence-electron chi connectivity index (χ1n) is 20.2. The van der Waals surface area contributed by atoms with E-state index in [0.29, 0.717) is 0 Å². The maximum absolute atomic E-state index is 2.63. The lowest BCUT2D eigenvalue weighted by atomic mass is 9.34. The molecule has 0 fully saturated rings. The molecule has 0 spiro atoms. The van der Waals surface area contributed by atoms with E-state index in [1.165, 1.54) is 105 Å². The van der Waals surface area contributed by atoms with Crippen LogP contribution < -0.4 is 21.3 Å². The summed E-state index contributed by atoms with van der Waals surface area (Å²) >= 11 is 0. The van der Waals surface area contributed by atoms with E-state index < -0.39 is 0 Å². The molecule has 13 rings (SSSR count). The summed E-state index contributed by atoms with van der Waals surface area (Å²) in [5.74, 6) is 0. The molecule has 11 aromatic rings. The summed E-state index contributed by atoms with van der Waals surface area (Å²) in [6, 6.07) is 76.2. The largest absolute Gasteiger partial charge is 0.311 e. The van der Waals surface area contributed by atoms with Gasteiger partial charge >= 0.3 is 0 Å². The number of fused-ring (bicyclic) bond motifs is 11. The predicted octanol–water partition coefficient (Wildman–Crippen LogP) is 11.8. The van der Waals surface area contributed by atoms with Crippen molar-refractivity contribution in [2.24, 2.45) is 0 Å². The Kier molecular flexibility index (Phi) is 6.53. The third-order valence-corrected chi connectivity index (χ3v) is 12.7. The molecular weight excluding hydrogens is 701 g/mol. The fourth-order valence-electron chi connectivity index (χ4n) is 10.4. The maximum Gasteiger partial charge on any atom is 0.252 e. The third-order valence-electron chi connectivity index (χ3n) is 12.7. The Hall–Kier alpha value is -7.56. The Morgan fingerprint density at radius 3 is 1.52 bits per heavy atom. The molecule has 4 heterocycles. The standard InChI is InChI=1S/C54H34BN3/c1-4-18-35(19-5-1)38-25-16-27-40-41-28-17-26-39(36-20-6-2-7-21-36)53(41)58(52(38)40)48-34-49-51-54-50(48)42-24-10-13-31-45(42)57(54)47-33-15-12-30-44(47)55(51)43-29-11-14-32-46(43)56(49)37-22-8-3-9-23-37/h1-34H. The minimum absolute atomic E-state index is 0.0636. The lowest BCUT2D eigenvalue weighted by Gasteiger charge is -2.40. The van der Waals surface area contributed by atoms with E-state index in [4.69, 9.17) is 0 Å². The van der Waals surface area contributed by atoms with Crippen LogP contribution in [0.15, 0.2) is 206 Å². The van der Waals surface area contributed by atoms with Crippen LogP contribution >= 0.6 is 0 Å². The van der Waals surface area contributed by atoms with E-state index in [1.807, 2.05) is 0 Å². The average molecular weight is 736 g/mol. The first kappa shape index (κ1) is 31.6. The number of aromatic nitrogens is 2. The van der Waals surface area contributed by atoms with Crippen molar-refractivity contribution in [3.63, 3.8) is 0 Å². The van der Waals surface area contributed by atoms with E-state index in [-0.39, 0.29) is 6.71 Å². The highest BCUT2D eigenvalue weighted by molar-refractivity contribution is 7.00. The number of rotatable bonds is 4. The smallest absolute Gasteiger partial charge is 0.252 e. The zero-order chi connectivity index (χ0) is 37.9. The van der Waals surface area contributed by atoms with Gasteiger partial charge in [-0.3, -0.25) is 0 Å². The van der Waals surface area contributed by atoms with Crippen molar-refractivity contribution in [2.75, 3.05) is 4.90 Å². The van der Waals surface area contributed by atoms with Gasteiger partial charge in [-0.15, -0.1) is 0 Å². The van der Waals surface area contributed by atoms with Crippen molar-refractivity contribution in [2.45, 2.75) is 0 Å². The molecule has 3 nitrogen and oxygen atoms in total. The fraction of sp³-hybridized carbons (Fsp3) is 0. The van der Waals surface area contributed by atoms with Gasteiger partial charge in [0.2, 0.25) is 0 Å². The van der Waals surface area contributed by atoms with Crippen LogP contribution in [-0.4, -0.2) is 15.8 Å². The third kappa shape index (κ3) is 4.18. The number of hydrogen-bond donors (Lipinski definition) is 0. The summed E-state index contributed by atoms with van der Waals surface area (Å²) in [7, 11) is 0. The highest BCUT2D eigenvalue weighted by Crippen LogP contribution is 2.48. The summed E-state index contributed by atoms with van der Waals surface area (Å²) in [6.45, 7) is 0.0636. The SMILES string of the molecule is c1ccc(-c2cccc3c4cccc(-c5ccccc5)c4n(-c4cc5c6c7c4c4ccccc4n7-c4ccccc4B6c4ccccc4N5c4ccccc4)c23)cc1. The summed E-state index contributed by atoms with van der Waals surface area (Å²) in [5, 5.41) is 5.00. The summed E-state index contributed by atoms with van der Waals surface area (Å²) in [6.07, 6.45) is 0. The molecule has 9 aromatic carbocycles. The first-order valence-corrected chi connectivity index (χ1v) is 20.2. The molecule has 0 amide bonds. The first-order chi connectivity index (χ1) is 28.8. The van der Waals surface area contributed by atoms with Gasteiger partial charge in [0.05, 0.1) is 27.8 Å². The van der Waals surface area contributed by atoms with Gasteiger partial charge in [-0.1, -0.05) is 170 Å². The molecular formula is C54H34BN3. The number of para-hydroxylation sites is 6. The monoisotopic (exact) mass is 735 g/mol. The van der Waals surface area contributed by atoms with Crippen molar-refractivity contribution in [1.29, 1.82) is 0 Å². The summed E-state index contributed by atoms with van der Waals surface area (Å²) in [4.78, 5) is 2.52. The molecule has 2 aliphatic rings. The molecule has 268 valence electrons. The molecule has 0 saturated heterocycles. The lowest BCUT2D eigenvalue weighted by molar-refractivity contribution is 1.16. The van der Waals surface area contributed by atoms with Crippen LogP contribution in [0.5, 0.6) is 0 Å². The topological polar surface area (TPSA) is 13.1 Å². The quantitative estimate of drug-likeness (QED) is 0.164. The molecule has 0 N–H and O–H groups in total. The zero-order valence-electron chi connectivity index (χ0n) is 31.5. The van der Waals surface area contributed by atoms with Crippen LogP contribution in [0.4, 0.5) is 17.1 Å². The molecule has 58 heavy (non-hydrogen) atoms. The van der Waals surface area contributed by atoms with Crippen LogP contribution in [0.25, 0.3) is 77.2 Å². The van der Waals surface area contributed by atoms with Crippen LogP contribution in [0, 0.1) is 0 Å². The van der Waals surface area contributed by atoms with Gasteiger partial charge in [-0.2, -0.15) is 0 Å². The summed E-state index contributed by atoms with van der Waals surface area (Å²) in [5.41, 5.74) is 19.7. The molecule has 2 aromatic heterocycles. The zero-order valence-corrected chi connectivity index (χ0v) is 31.5. The Morgan fingerprint density at radius 2 is 0.862 bits per heavy atom. The Bertz CT molecular complexity index is 3360. The molecule has 0 unspecified atom stereocenters. The maximum atomic E-state index is 2.63. The second-order valence-electron chi connectivity index (χ2n) is 15.6. The molecule has 0 atom stereocenters. The number of anilines is 3. The van der Waals surface area contributed by atoms with Gasteiger partial charge in [0.1, 0.15) is 0 Å². The molecule has 0 aliphatic carbocycles.